The summed E-state index contributed by atoms with van der Waals surface area (Å²) < 4.78 is 1.78. The molecule has 0 radical (unpaired) electrons. The highest BCUT2D eigenvalue weighted by Gasteiger charge is 2.40. The minimum atomic E-state index is -0.808. The molecule has 6 heteroatoms. The van der Waals surface area contributed by atoms with Gasteiger partial charge in [-0.2, -0.15) is 0 Å². The number of hydrogen-bond acceptors (Lipinski definition) is 3. The van der Waals surface area contributed by atoms with Gasteiger partial charge in [0.2, 0.25) is 5.91 Å². The molecule has 1 aliphatic rings. The highest BCUT2D eigenvalue weighted by Crippen LogP contribution is 2.30. The Morgan fingerprint density at radius 2 is 2.15 bits per heavy atom. The molecule has 1 fully saturated rings. The molecule has 0 saturated carbocycles. The third-order valence-electron chi connectivity index (χ3n) is 4.12. The molecule has 1 amide bonds. The zero-order valence-electron chi connectivity index (χ0n) is 12.1. The summed E-state index contributed by atoms with van der Waals surface area (Å²) in [7, 11) is 0. The molecule has 2 heterocycles. The van der Waals surface area contributed by atoms with Gasteiger partial charge in [-0.1, -0.05) is 13.8 Å². The maximum Gasteiger partial charge on any atom is 0.308 e. The van der Waals surface area contributed by atoms with E-state index in [-0.39, 0.29) is 24.3 Å². The monoisotopic (exact) mass is 279 g/mol. The van der Waals surface area contributed by atoms with Crippen molar-refractivity contribution in [1.29, 1.82) is 0 Å². The summed E-state index contributed by atoms with van der Waals surface area (Å²) in [6.07, 6.45) is 3.42. The lowest BCUT2D eigenvalue weighted by Crippen LogP contribution is -2.33. The molecule has 6 nitrogen and oxygen atoms in total. The van der Waals surface area contributed by atoms with Crippen molar-refractivity contribution in [3.63, 3.8) is 0 Å². The Kier molecular flexibility index (Phi) is 4.11. The van der Waals surface area contributed by atoms with Crippen LogP contribution in [0.5, 0.6) is 0 Å². The number of hydrogen-bond donors (Lipinski definition) is 1. The van der Waals surface area contributed by atoms with E-state index in [0.29, 0.717) is 13.1 Å². The number of carbonyl (C=O) groups is 2. The molecule has 110 valence electrons. The van der Waals surface area contributed by atoms with Gasteiger partial charge in [-0.25, -0.2) is 4.98 Å². The third kappa shape index (κ3) is 2.84. The van der Waals surface area contributed by atoms with Gasteiger partial charge in [-0.3, -0.25) is 9.59 Å². The number of nitrogens with zero attached hydrogens (tertiary/aromatic N) is 3. The van der Waals surface area contributed by atoms with Crippen molar-refractivity contribution >= 4 is 11.9 Å². The standard InChI is InChI=1S/C14H21N3O3/c1-9(2)11-6-17(7-12(11)14(19)20)13(18)8-16-5-4-15-10(16)3/h4-5,9,11-12H,6-8H2,1-3H3,(H,19,20)/t11-,12+/m0/s1. The lowest BCUT2D eigenvalue weighted by molar-refractivity contribution is -0.143. The summed E-state index contributed by atoms with van der Waals surface area (Å²) in [5.74, 6) is -0.238. The number of carboxylic acid groups (broad SMARTS) is 1. The van der Waals surface area contributed by atoms with Crippen molar-refractivity contribution in [1.82, 2.24) is 14.5 Å². The first kappa shape index (κ1) is 14.6. The normalized spacial score (nSPS) is 22.5. The van der Waals surface area contributed by atoms with E-state index in [1.165, 1.54) is 0 Å². The van der Waals surface area contributed by atoms with Gasteiger partial charge in [-0.15, -0.1) is 0 Å². The van der Waals surface area contributed by atoms with Crippen LogP contribution in [0.3, 0.4) is 0 Å². The first-order chi connectivity index (χ1) is 9.40. The van der Waals surface area contributed by atoms with Crippen LogP contribution in [-0.2, 0) is 16.1 Å². The van der Waals surface area contributed by atoms with Crippen molar-refractivity contribution in [2.75, 3.05) is 13.1 Å². The fourth-order valence-corrected chi connectivity index (χ4v) is 2.79. The number of aryl methyl sites for hydroxylation is 1. The maximum atomic E-state index is 12.3. The first-order valence-electron chi connectivity index (χ1n) is 6.88. The average Bonchev–Trinajstić information content (AvgIpc) is 2.96. The minimum Gasteiger partial charge on any atom is -0.481 e. The van der Waals surface area contributed by atoms with Gasteiger partial charge < -0.3 is 14.6 Å². The number of carbonyl (C=O) groups excluding carboxylic acids is 1. The van der Waals surface area contributed by atoms with E-state index in [2.05, 4.69) is 4.98 Å². The number of aromatic nitrogens is 2. The summed E-state index contributed by atoms with van der Waals surface area (Å²) >= 11 is 0. The molecule has 1 N–H and O–H groups in total. The number of aliphatic carboxylic acids is 1. The van der Waals surface area contributed by atoms with Gasteiger partial charge in [0.05, 0.1) is 5.92 Å². The maximum absolute atomic E-state index is 12.3. The summed E-state index contributed by atoms with van der Waals surface area (Å²) in [6.45, 7) is 6.92. The van der Waals surface area contributed by atoms with Crippen LogP contribution in [-0.4, -0.2) is 44.5 Å². The number of carboxylic acids is 1. The summed E-state index contributed by atoms with van der Waals surface area (Å²) in [5.41, 5.74) is 0. The van der Waals surface area contributed by atoms with Gasteiger partial charge in [0.1, 0.15) is 12.4 Å². The summed E-state index contributed by atoms with van der Waals surface area (Å²) in [4.78, 5) is 29.3. The molecule has 1 aromatic heterocycles. The summed E-state index contributed by atoms with van der Waals surface area (Å²) in [6, 6.07) is 0. The second kappa shape index (κ2) is 5.64. The van der Waals surface area contributed by atoms with Gasteiger partial charge in [0, 0.05) is 25.5 Å². The van der Waals surface area contributed by atoms with Gasteiger partial charge in [0.25, 0.3) is 0 Å². The van der Waals surface area contributed by atoms with Crippen molar-refractivity contribution < 1.29 is 14.7 Å². The molecule has 0 aromatic carbocycles. The van der Waals surface area contributed by atoms with Crippen LogP contribution in [0.4, 0.5) is 0 Å². The number of amides is 1. The van der Waals surface area contributed by atoms with Crippen LogP contribution < -0.4 is 0 Å². The minimum absolute atomic E-state index is 0.0281. The first-order valence-corrected chi connectivity index (χ1v) is 6.88. The van der Waals surface area contributed by atoms with E-state index in [1.807, 2.05) is 20.8 Å². The molecule has 0 spiro atoms. The highest BCUT2D eigenvalue weighted by atomic mass is 16.4. The van der Waals surface area contributed by atoms with Gasteiger partial charge in [-0.05, 0) is 18.8 Å². The van der Waals surface area contributed by atoms with Gasteiger partial charge >= 0.3 is 5.97 Å². The van der Waals surface area contributed by atoms with Crippen LogP contribution in [0.2, 0.25) is 0 Å². The summed E-state index contributed by atoms with van der Waals surface area (Å²) in [5, 5.41) is 9.28. The molecule has 2 rings (SSSR count). The fourth-order valence-electron chi connectivity index (χ4n) is 2.79. The zero-order chi connectivity index (χ0) is 14.9. The molecule has 0 unspecified atom stereocenters. The average molecular weight is 279 g/mol. The Labute approximate surface area is 118 Å². The molecule has 1 aliphatic heterocycles. The Bertz CT molecular complexity index is 510. The molecule has 1 aromatic rings. The molecule has 20 heavy (non-hydrogen) atoms. The smallest absolute Gasteiger partial charge is 0.308 e. The Balaban J connectivity index is 2.05. The quantitative estimate of drug-likeness (QED) is 0.892. The lowest BCUT2D eigenvalue weighted by Gasteiger charge is -2.19. The van der Waals surface area contributed by atoms with E-state index < -0.39 is 11.9 Å². The van der Waals surface area contributed by atoms with Crippen molar-refractivity contribution in [2.24, 2.45) is 17.8 Å². The highest BCUT2D eigenvalue weighted by molar-refractivity contribution is 5.79. The zero-order valence-corrected chi connectivity index (χ0v) is 12.1. The number of rotatable bonds is 4. The topological polar surface area (TPSA) is 75.4 Å². The Morgan fingerprint density at radius 1 is 1.45 bits per heavy atom. The number of likely N-dealkylation sites (tertiary alicyclic amines) is 1. The van der Waals surface area contributed by atoms with Crippen LogP contribution in [0, 0.1) is 24.7 Å². The van der Waals surface area contributed by atoms with E-state index in [4.69, 9.17) is 0 Å². The molecule has 0 aliphatic carbocycles. The van der Waals surface area contributed by atoms with Crippen LogP contribution in [0.1, 0.15) is 19.7 Å². The van der Waals surface area contributed by atoms with E-state index in [0.717, 1.165) is 5.82 Å². The fraction of sp³-hybridized carbons (Fsp3) is 0.643. The van der Waals surface area contributed by atoms with Crippen molar-refractivity contribution in [2.45, 2.75) is 27.3 Å². The van der Waals surface area contributed by atoms with E-state index >= 15 is 0 Å². The van der Waals surface area contributed by atoms with Crippen molar-refractivity contribution in [3.8, 4) is 0 Å². The SMILES string of the molecule is Cc1nccn1CC(=O)N1C[C@@H](C(=O)O)[C@H](C(C)C)C1. The number of imidazole rings is 1. The Morgan fingerprint density at radius 3 is 2.60 bits per heavy atom. The van der Waals surface area contributed by atoms with Crippen LogP contribution in [0.25, 0.3) is 0 Å². The molecule has 0 bridgehead atoms. The van der Waals surface area contributed by atoms with Crippen LogP contribution in [0.15, 0.2) is 12.4 Å². The van der Waals surface area contributed by atoms with Crippen molar-refractivity contribution in [3.05, 3.63) is 18.2 Å². The lowest BCUT2D eigenvalue weighted by atomic mass is 9.86. The van der Waals surface area contributed by atoms with E-state index in [9.17, 15) is 14.7 Å². The van der Waals surface area contributed by atoms with E-state index in [1.54, 1.807) is 21.9 Å². The second-order valence-electron chi connectivity index (χ2n) is 5.75. The molecule has 2 atom stereocenters. The predicted octanol–water partition coefficient (Wildman–Crippen LogP) is 1.01. The van der Waals surface area contributed by atoms with Gasteiger partial charge in [0.15, 0.2) is 0 Å². The second-order valence-corrected chi connectivity index (χ2v) is 5.75. The molecule has 1 saturated heterocycles. The third-order valence-corrected chi connectivity index (χ3v) is 4.12. The molecular weight excluding hydrogens is 258 g/mol. The Hall–Kier alpha value is -1.85. The predicted molar refractivity (Wildman–Crippen MR) is 73.0 cm³/mol. The van der Waals surface area contributed by atoms with Crippen LogP contribution >= 0.6 is 0 Å². The molecular formula is C14H21N3O3. The largest absolute Gasteiger partial charge is 0.481 e.